The number of hydrogen-bond acceptors (Lipinski definition) is 6. The molecule has 0 spiro atoms. The lowest BCUT2D eigenvalue weighted by molar-refractivity contribution is -0.119. The second-order valence-electron chi connectivity index (χ2n) is 6.52. The summed E-state index contributed by atoms with van der Waals surface area (Å²) in [6, 6.07) is 10.1. The van der Waals surface area contributed by atoms with Crippen LogP contribution in [0, 0.1) is 0 Å². The highest BCUT2D eigenvalue weighted by Gasteiger charge is 2.35. The number of carbonyl (C=O) groups excluding carboxylic acids is 2. The van der Waals surface area contributed by atoms with Crippen molar-refractivity contribution in [2.75, 3.05) is 11.9 Å². The third-order valence-electron chi connectivity index (χ3n) is 4.61. The minimum absolute atomic E-state index is 0.229. The maximum Gasteiger partial charge on any atom is 0.274 e. The van der Waals surface area contributed by atoms with Crippen LogP contribution in [0.15, 0.2) is 67.4 Å². The fourth-order valence-electron chi connectivity index (χ4n) is 3.25. The molecule has 8 heteroatoms. The molecule has 0 bridgehead atoms. The monoisotopic (exact) mass is 389 g/mol. The molecule has 3 heterocycles. The first-order valence-corrected chi connectivity index (χ1v) is 9.27. The molecule has 1 saturated heterocycles. The van der Waals surface area contributed by atoms with E-state index >= 15 is 0 Å². The number of para-hydroxylation sites is 2. The van der Waals surface area contributed by atoms with Crippen molar-refractivity contribution < 1.29 is 14.3 Å². The van der Waals surface area contributed by atoms with Crippen LogP contribution in [0.4, 0.5) is 5.69 Å². The Bertz CT molecular complexity index is 997. The number of likely N-dealkylation sites (tertiary alicyclic amines) is 1. The standard InChI is InChI=1S/C21H19N5O3/c27-20(18-7-4-12-26(18)21(28)17-14-23-10-11-24-17)25-16-6-1-2-8-19(16)29-15-5-3-9-22-13-15/h1-3,5-6,8-11,13-14,18H,4,7,12H2,(H,25,27). The van der Waals surface area contributed by atoms with Gasteiger partial charge in [0, 0.05) is 25.1 Å². The quantitative estimate of drug-likeness (QED) is 0.721. The molecular formula is C21H19N5O3. The number of rotatable bonds is 5. The van der Waals surface area contributed by atoms with Gasteiger partial charge in [-0.1, -0.05) is 12.1 Å². The van der Waals surface area contributed by atoms with Crippen LogP contribution in [-0.2, 0) is 4.79 Å². The Kier molecular flexibility index (Phi) is 5.42. The third-order valence-corrected chi connectivity index (χ3v) is 4.61. The fourth-order valence-corrected chi connectivity index (χ4v) is 3.25. The van der Waals surface area contributed by atoms with E-state index in [0.29, 0.717) is 30.2 Å². The average molecular weight is 389 g/mol. The lowest BCUT2D eigenvalue weighted by Crippen LogP contribution is -2.43. The van der Waals surface area contributed by atoms with Crippen LogP contribution in [0.5, 0.6) is 11.5 Å². The summed E-state index contributed by atoms with van der Waals surface area (Å²) >= 11 is 0. The minimum Gasteiger partial charge on any atom is -0.454 e. The van der Waals surface area contributed by atoms with Crippen molar-refractivity contribution in [1.29, 1.82) is 0 Å². The first kappa shape index (κ1) is 18.5. The number of amides is 2. The largest absolute Gasteiger partial charge is 0.454 e. The third kappa shape index (κ3) is 4.21. The number of benzene rings is 1. The normalized spacial score (nSPS) is 15.7. The fraction of sp³-hybridized carbons (Fsp3) is 0.190. The second-order valence-corrected chi connectivity index (χ2v) is 6.52. The number of nitrogens with zero attached hydrogens (tertiary/aromatic N) is 4. The predicted octanol–water partition coefficient (Wildman–Crippen LogP) is 2.91. The van der Waals surface area contributed by atoms with Crippen LogP contribution in [0.1, 0.15) is 23.3 Å². The van der Waals surface area contributed by atoms with E-state index in [9.17, 15) is 9.59 Å². The van der Waals surface area contributed by atoms with E-state index in [2.05, 4.69) is 20.3 Å². The molecule has 1 aliphatic heterocycles. The molecule has 0 aliphatic carbocycles. The van der Waals surface area contributed by atoms with E-state index in [-0.39, 0.29) is 17.5 Å². The van der Waals surface area contributed by atoms with Gasteiger partial charge in [0.2, 0.25) is 5.91 Å². The molecule has 1 unspecified atom stereocenters. The summed E-state index contributed by atoms with van der Waals surface area (Å²) in [4.78, 5) is 39.2. The molecule has 4 rings (SSSR count). The van der Waals surface area contributed by atoms with Crippen LogP contribution >= 0.6 is 0 Å². The number of anilines is 1. The van der Waals surface area contributed by atoms with E-state index in [0.717, 1.165) is 6.42 Å². The second kappa shape index (κ2) is 8.47. The summed E-state index contributed by atoms with van der Waals surface area (Å²) in [5.74, 6) is 0.505. The van der Waals surface area contributed by atoms with Crippen molar-refractivity contribution in [1.82, 2.24) is 19.9 Å². The smallest absolute Gasteiger partial charge is 0.274 e. The summed E-state index contributed by atoms with van der Waals surface area (Å²) in [5, 5.41) is 2.89. The van der Waals surface area contributed by atoms with Gasteiger partial charge in [-0.25, -0.2) is 4.98 Å². The van der Waals surface area contributed by atoms with E-state index in [4.69, 9.17) is 4.74 Å². The van der Waals surface area contributed by atoms with Crippen LogP contribution in [0.2, 0.25) is 0 Å². The average Bonchev–Trinajstić information content (AvgIpc) is 3.26. The maximum absolute atomic E-state index is 13.0. The van der Waals surface area contributed by atoms with Gasteiger partial charge in [-0.15, -0.1) is 0 Å². The van der Waals surface area contributed by atoms with Crippen molar-refractivity contribution in [2.24, 2.45) is 0 Å². The Labute approximate surface area is 167 Å². The molecule has 8 nitrogen and oxygen atoms in total. The van der Waals surface area contributed by atoms with Crippen LogP contribution in [-0.4, -0.2) is 44.3 Å². The van der Waals surface area contributed by atoms with Gasteiger partial charge in [0.25, 0.3) is 5.91 Å². The van der Waals surface area contributed by atoms with Crippen molar-refractivity contribution in [3.8, 4) is 11.5 Å². The minimum atomic E-state index is -0.573. The van der Waals surface area contributed by atoms with Gasteiger partial charge in [-0.3, -0.25) is 19.6 Å². The molecule has 1 fully saturated rings. The van der Waals surface area contributed by atoms with Gasteiger partial charge in [0.1, 0.15) is 17.5 Å². The molecule has 1 aromatic carbocycles. The first-order valence-electron chi connectivity index (χ1n) is 9.27. The van der Waals surface area contributed by atoms with Gasteiger partial charge in [0.05, 0.1) is 18.1 Å². The van der Waals surface area contributed by atoms with E-state index in [1.165, 1.54) is 18.6 Å². The van der Waals surface area contributed by atoms with Gasteiger partial charge in [0.15, 0.2) is 5.75 Å². The first-order chi connectivity index (χ1) is 14.2. The van der Waals surface area contributed by atoms with Crippen molar-refractivity contribution in [3.05, 3.63) is 73.1 Å². The SMILES string of the molecule is O=C(Nc1ccccc1Oc1cccnc1)C1CCCN1C(=O)c1cnccn1. The van der Waals surface area contributed by atoms with Gasteiger partial charge in [-0.05, 0) is 37.1 Å². The Morgan fingerprint density at radius 2 is 1.90 bits per heavy atom. The molecule has 29 heavy (non-hydrogen) atoms. The molecule has 0 radical (unpaired) electrons. The zero-order valence-corrected chi connectivity index (χ0v) is 15.6. The highest BCUT2D eigenvalue weighted by atomic mass is 16.5. The highest BCUT2D eigenvalue weighted by molar-refractivity contribution is 6.01. The van der Waals surface area contributed by atoms with Crippen molar-refractivity contribution >= 4 is 17.5 Å². The lowest BCUT2D eigenvalue weighted by Gasteiger charge is -2.24. The molecule has 146 valence electrons. The number of carbonyl (C=O) groups is 2. The van der Waals surface area contributed by atoms with Crippen LogP contribution < -0.4 is 10.1 Å². The molecule has 1 N–H and O–H groups in total. The van der Waals surface area contributed by atoms with Crippen LogP contribution in [0.25, 0.3) is 0 Å². The van der Waals surface area contributed by atoms with E-state index < -0.39 is 6.04 Å². The highest BCUT2D eigenvalue weighted by Crippen LogP contribution is 2.30. The van der Waals surface area contributed by atoms with Gasteiger partial charge < -0.3 is 15.0 Å². The molecule has 0 saturated carbocycles. The molecule has 1 aliphatic rings. The molecule has 2 aromatic heterocycles. The topological polar surface area (TPSA) is 97.3 Å². The summed E-state index contributed by atoms with van der Waals surface area (Å²) in [7, 11) is 0. The Balaban J connectivity index is 1.50. The number of nitrogens with one attached hydrogen (secondary N) is 1. The molecule has 1 atom stereocenters. The van der Waals surface area contributed by atoms with E-state index in [1.807, 2.05) is 12.1 Å². The maximum atomic E-state index is 13.0. The van der Waals surface area contributed by atoms with Crippen molar-refractivity contribution in [3.63, 3.8) is 0 Å². The number of ether oxygens (including phenoxy) is 1. The summed E-state index contributed by atoms with van der Waals surface area (Å²) in [5.41, 5.74) is 0.757. The zero-order valence-electron chi connectivity index (χ0n) is 15.6. The molecule has 3 aromatic rings. The van der Waals surface area contributed by atoms with Gasteiger partial charge >= 0.3 is 0 Å². The summed E-state index contributed by atoms with van der Waals surface area (Å²) in [6.07, 6.45) is 8.96. The number of aromatic nitrogens is 3. The Morgan fingerprint density at radius 1 is 1.03 bits per heavy atom. The van der Waals surface area contributed by atoms with Crippen molar-refractivity contribution in [2.45, 2.75) is 18.9 Å². The summed E-state index contributed by atoms with van der Waals surface area (Å²) < 4.78 is 5.84. The summed E-state index contributed by atoms with van der Waals surface area (Å²) in [6.45, 7) is 0.501. The van der Waals surface area contributed by atoms with Crippen LogP contribution in [0.3, 0.4) is 0 Å². The number of hydrogen-bond donors (Lipinski definition) is 1. The number of pyridine rings is 1. The Morgan fingerprint density at radius 3 is 2.69 bits per heavy atom. The molecular weight excluding hydrogens is 370 g/mol. The zero-order chi connectivity index (χ0) is 20.1. The van der Waals surface area contributed by atoms with Gasteiger partial charge in [-0.2, -0.15) is 0 Å². The lowest BCUT2D eigenvalue weighted by atomic mass is 10.2. The Hall–Kier alpha value is -3.81. The predicted molar refractivity (Wildman–Crippen MR) is 105 cm³/mol. The van der Waals surface area contributed by atoms with E-state index in [1.54, 1.807) is 41.6 Å². The molecule has 2 amide bonds.